The first-order valence-electron chi connectivity index (χ1n) is 7.06. The van der Waals surface area contributed by atoms with Crippen molar-refractivity contribution in [3.05, 3.63) is 59.4 Å². The fourth-order valence-corrected chi connectivity index (χ4v) is 1.95. The minimum absolute atomic E-state index is 0.0204. The van der Waals surface area contributed by atoms with Crippen LogP contribution in [0.15, 0.2) is 42.5 Å². The standard InChI is InChI=1S/C17H16FNO5/c1-23-14-8-4-6-12(16(14)21)17(22)24-10-15(20)19-9-11-5-2-3-7-13(11)18/h2-8,21H,9-10H2,1H3,(H,19,20). The second kappa shape index (κ2) is 7.96. The SMILES string of the molecule is COc1cccc(C(=O)OCC(=O)NCc2ccccc2F)c1O. The topological polar surface area (TPSA) is 84.9 Å². The summed E-state index contributed by atoms with van der Waals surface area (Å²) in [6, 6.07) is 10.3. The van der Waals surface area contributed by atoms with E-state index in [0.717, 1.165) is 0 Å². The normalized spacial score (nSPS) is 10.1. The second-order valence-electron chi connectivity index (χ2n) is 4.80. The van der Waals surface area contributed by atoms with Crippen LogP contribution in [0.1, 0.15) is 15.9 Å². The van der Waals surface area contributed by atoms with Crippen LogP contribution in [0.2, 0.25) is 0 Å². The molecule has 0 spiro atoms. The van der Waals surface area contributed by atoms with Crippen LogP contribution in [0.5, 0.6) is 11.5 Å². The van der Waals surface area contributed by atoms with Crippen molar-refractivity contribution in [2.45, 2.75) is 6.54 Å². The highest BCUT2D eigenvalue weighted by molar-refractivity contribution is 5.94. The summed E-state index contributed by atoms with van der Waals surface area (Å²) in [5.74, 6) is -2.14. The summed E-state index contributed by atoms with van der Waals surface area (Å²) in [5, 5.41) is 12.3. The van der Waals surface area contributed by atoms with Gasteiger partial charge in [-0.25, -0.2) is 9.18 Å². The number of methoxy groups -OCH3 is 1. The van der Waals surface area contributed by atoms with E-state index in [1.165, 1.54) is 37.4 Å². The fourth-order valence-electron chi connectivity index (χ4n) is 1.95. The van der Waals surface area contributed by atoms with Crippen LogP contribution in [0, 0.1) is 5.82 Å². The fraction of sp³-hybridized carbons (Fsp3) is 0.176. The largest absolute Gasteiger partial charge is 0.504 e. The molecule has 0 aliphatic carbocycles. The molecule has 0 aromatic heterocycles. The highest BCUT2D eigenvalue weighted by Crippen LogP contribution is 2.29. The zero-order valence-corrected chi connectivity index (χ0v) is 12.9. The monoisotopic (exact) mass is 333 g/mol. The van der Waals surface area contributed by atoms with E-state index in [0.29, 0.717) is 5.56 Å². The maximum absolute atomic E-state index is 13.4. The van der Waals surface area contributed by atoms with E-state index >= 15 is 0 Å². The van der Waals surface area contributed by atoms with Gasteiger partial charge in [0.1, 0.15) is 11.4 Å². The summed E-state index contributed by atoms with van der Waals surface area (Å²) >= 11 is 0. The molecule has 1 amide bonds. The molecular weight excluding hydrogens is 317 g/mol. The van der Waals surface area contributed by atoms with Gasteiger partial charge in [0, 0.05) is 12.1 Å². The lowest BCUT2D eigenvalue weighted by molar-refractivity contribution is -0.124. The molecule has 6 nitrogen and oxygen atoms in total. The number of phenols is 1. The van der Waals surface area contributed by atoms with Gasteiger partial charge < -0.3 is 19.9 Å². The molecule has 0 saturated carbocycles. The van der Waals surface area contributed by atoms with Gasteiger partial charge in [-0.1, -0.05) is 24.3 Å². The number of para-hydroxylation sites is 1. The number of amides is 1. The molecule has 7 heteroatoms. The Balaban J connectivity index is 1.88. The number of aromatic hydroxyl groups is 1. The molecule has 0 aliphatic heterocycles. The zero-order chi connectivity index (χ0) is 17.5. The molecule has 2 aromatic rings. The van der Waals surface area contributed by atoms with Gasteiger partial charge in [-0.2, -0.15) is 0 Å². The van der Waals surface area contributed by atoms with Crippen molar-refractivity contribution in [1.82, 2.24) is 5.32 Å². The number of hydrogen-bond acceptors (Lipinski definition) is 5. The van der Waals surface area contributed by atoms with Crippen molar-refractivity contribution < 1.29 is 28.6 Å². The number of ether oxygens (including phenoxy) is 2. The van der Waals surface area contributed by atoms with Gasteiger partial charge in [0.05, 0.1) is 7.11 Å². The first-order chi connectivity index (χ1) is 11.5. The number of benzene rings is 2. The molecule has 0 radical (unpaired) electrons. The quantitative estimate of drug-likeness (QED) is 0.790. The maximum Gasteiger partial charge on any atom is 0.342 e. The summed E-state index contributed by atoms with van der Waals surface area (Å²) in [4.78, 5) is 23.6. The highest BCUT2D eigenvalue weighted by atomic mass is 19.1. The van der Waals surface area contributed by atoms with Gasteiger partial charge in [0.15, 0.2) is 18.1 Å². The van der Waals surface area contributed by atoms with Gasteiger partial charge in [-0.05, 0) is 18.2 Å². The van der Waals surface area contributed by atoms with Crippen LogP contribution in [-0.4, -0.2) is 30.7 Å². The number of esters is 1. The second-order valence-corrected chi connectivity index (χ2v) is 4.80. The summed E-state index contributed by atoms with van der Waals surface area (Å²) < 4.78 is 23.1. The van der Waals surface area contributed by atoms with E-state index in [2.05, 4.69) is 5.32 Å². The molecule has 0 saturated heterocycles. The first kappa shape index (κ1) is 17.3. The molecule has 0 fully saturated rings. The number of phenolic OH excluding ortho intramolecular Hbond substituents is 1. The minimum atomic E-state index is -0.868. The average Bonchev–Trinajstić information content (AvgIpc) is 2.59. The number of rotatable bonds is 6. The van der Waals surface area contributed by atoms with E-state index in [1.807, 2.05) is 0 Å². The predicted octanol–water partition coefficient (Wildman–Crippen LogP) is 2.01. The molecule has 0 heterocycles. The van der Waals surface area contributed by atoms with Gasteiger partial charge in [0.2, 0.25) is 0 Å². The maximum atomic E-state index is 13.4. The lowest BCUT2D eigenvalue weighted by Crippen LogP contribution is -2.28. The summed E-state index contributed by atoms with van der Waals surface area (Å²) in [7, 11) is 1.35. The minimum Gasteiger partial charge on any atom is -0.504 e. The smallest absolute Gasteiger partial charge is 0.342 e. The Hall–Kier alpha value is -3.09. The van der Waals surface area contributed by atoms with Crippen LogP contribution in [0.25, 0.3) is 0 Å². The Morgan fingerprint density at radius 3 is 2.62 bits per heavy atom. The molecule has 0 atom stereocenters. The molecule has 0 aliphatic rings. The summed E-state index contributed by atoms with van der Waals surface area (Å²) in [6.07, 6.45) is 0. The molecule has 24 heavy (non-hydrogen) atoms. The number of carbonyl (C=O) groups is 2. The van der Waals surface area contributed by atoms with Crippen LogP contribution in [0.4, 0.5) is 4.39 Å². The zero-order valence-electron chi connectivity index (χ0n) is 12.9. The third-order valence-corrected chi connectivity index (χ3v) is 3.21. The van der Waals surface area contributed by atoms with Crippen LogP contribution in [0.3, 0.4) is 0 Å². The Morgan fingerprint density at radius 1 is 1.17 bits per heavy atom. The number of nitrogens with one attached hydrogen (secondary N) is 1. The van der Waals surface area contributed by atoms with Gasteiger partial charge in [-0.3, -0.25) is 4.79 Å². The van der Waals surface area contributed by atoms with E-state index < -0.39 is 24.3 Å². The number of hydrogen-bond donors (Lipinski definition) is 2. The Kier molecular flexibility index (Phi) is 5.73. The first-order valence-corrected chi connectivity index (χ1v) is 7.06. The van der Waals surface area contributed by atoms with Gasteiger partial charge >= 0.3 is 5.97 Å². The van der Waals surface area contributed by atoms with Crippen molar-refractivity contribution in [2.24, 2.45) is 0 Å². The van der Waals surface area contributed by atoms with Crippen molar-refractivity contribution in [3.63, 3.8) is 0 Å². The molecule has 2 rings (SSSR count). The van der Waals surface area contributed by atoms with Crippen molar-refractivity contribution in [2.75, 3.05) is 13.7 Å². The lowest BCUT2D eigenvalue weighted by atomic mass is 10.2. The lowest BCUT2D eigenvalue weighted by Gasteiger charge is -2.09. The Bertz CT molecular complexity index is 748. The molecule has 0 bridgehead atoms. The molecule has 126 valence electrons. The van der Waals surface area contributed by atoms with E-state index in [4.69, 9.17) is 9.47 Å². The molecular formula is C17H16FNO5. The van der Waals surface area contributed by atoms with E-state index in [-0.39, 0.29) is 23.6 Å². The molecule has 0 unspecified atom stereocenters. The van der Waals surface area contributed by atoms with Crippen LogP contribution < -0.4 is 10.1 Å². The Morgan fingerprint density at radius 2 is 1.92 bits per heavy atom. The highest BCUT2D eigenvalue weighted by Gasteiger charge is 2.17. The molecule has 2 aromatic carbocycles. The van der Waals surface area contributed by atoms with E-state index in [1.54, 1.807) is 12.1 Å². The third kappa shape index (κ3) is 4.22. The number of carbonyl (C=O) groups excluding carboxylic acids is 2. The van der Waals surface area contributed by atoms with Crippen molar-refractivity contribution >= 4 is 11.9 Å². The van der Waals surface area contributed by atoms with Crippen LogP contribution in [-0.2, 0) is 16.1 Å². The van der Waals surface area contributed by atoms with Crippen LogP contribution >= 0.6 is 0 Å². The summed E-state index contributed by atoms with van der Waals surface area (Å²) in [6.45, 7) is -0.572. The average molecular weight is 333 g/mol. The van der Waals surface area contributed by atoms with E-state index in [9.17, 15) is 19.1 Å². The molecule has 2 N–H and O–H groups in total. The van der Waals surface area contributed by atoms with Gasteiger partial charge in [0.25, 0.3) is 5.91 Å². The van der Waals surface area contributed by atoms with Crippen molar-refractivity contribution in [1.29, 1.82) is 0 Å². The summed E-state index contributed by atoms with van der Waals surface area (Å²) in [5.41, 5.74) is 0.207. The van der Waals surface area contributed by atoms with Crippen molar-refractivity contribution in [3.8, 4) is 11.5 Å². The predicted molar refractivity (Wildman–Crippen MR) is 83.2 cm³/mol. The Labute approximate surface area is 137 Å². The van der Waals surface area contributed by atoms with Gasteiger partial charge in [-0.15, -0.1) is 0 Å². The number of halogens is 1. The third-order valence-electron chi connectivity index (χ3n) is 3.21.